The molecule has 0 unspecified atom stereocenters. The Labute approximate surface area is 193 Å². The lowest BCUT2D eigenvalue weighted by Gasteiger charge is -2.30. The third-order valence-electron chi connectivity index (χ3n) is 4.97. The summed E-state index contributed by atoms with van der Waals surface area (Å²) in [4.78, 5) is 29.2. The number of nitro groups is 1. The maximum Gasteiger partial charge on any atom is 0.270 e. The summed E-state index contributed by atoms with van der Waals surface area (Å²) < 4.78 is 5.86. The van der Waals surface area contributed by atoms with Gasteiger partial charge in [-0.3, -0.25) is 19.8 Å². The lowest BCUT2D eigenvalue weighted by Crippen LogP contribution is -2.36. The van der Waals surface area contributed by atoms with Crippen molar-refractivity contribution in [2.24, 2.45) is 0 Å². The molecule has 0 atom stereocenters. The molecule has 0 radical (unpaired) electrons. The first kappa shape index (κ1) is 21.8. The van der Waals surface area contributed by atoms with Gasteiger partial charge in [-0.1, -0.05) is 30.0 Å². The van der Waals surface area contributed by atoms with E-state index in [1.54, 1.807) is 23.9 Å². The van der Waals surface area contributed by atoms with E-state index in [2.05, 4.69) is 4.90 Å². The second kappa shape index (κ2) is 9.39. The molecule has 31 heavy (non-hydrogen) atoms. The van der Waals surface area contributed by atoms with Crippen molar-refractivity contribution in [2.45, 2.75) is 4.90 Å². The second-order valence-electron chi connectivity index (χ2n) is 6.82. The fraction of sp³-hybridized carbons (Fsp3) is 0.238. The zero-order valence-corrected chi connectivity index (χ0v) is 19.1. The maximum atomic E-state index is 13.2. The minimum Gasteiger partial charge on any atom is -0.378 e. The van der Waals surface area contributed by atoms with Crippen molar-refractivity contribution >= 4 is 69.1 Å². The number of hydrogen-bond donors (Lipinski definition) is 0. The van der Waals surface area contributed by atoms with E-state index in [0.717, 1.165) is 10.6 Å². The van der Waals surface area contributed by atoms with Gasteiger partial charge in [-0.2, -0.15) is 0 Å². The number of anilines is 2. The van der Waals surface area contributed by atoms with E-state index in [4.69, 9.17) is 17.0 Å². The summed E-state index contributed by atoms with van der Waals surface area (Å²) >= 11 is 8.27. The van der Waals surface area contributed by atoms with Crippen LogP contribution in [0.5, 0.6) is 0 Å². The molecule has 0 aliphatic carbocycles. The number of nitro benzene ring substituents is 1. The standard InChI is InChI=1S/C21H19N3O4S3/c1-30-17-4-2-3-15(13-17)23-20(25)19(31-21(23)29)12-14-11-16(24(26)27)5-6-18(14)22-7-9-28-10-8-22/h2-6,11-13H,7-10H2,1H3/b19-12-. The fourth-order valence-electron chi connectivity index (χ4n) is 3.44. The molecule has 1 amide bonds. The van der Waals surface area contributed by atoms with Crippen molar-refractivity contribution in [1.29, 1.82) is 0 Å². The number of benzene rings is 2. The Morgan fingerprint density at radius 3 is 2.71 bits per heavy atom. The Morgan fingerprint density at radius 1 is 1.23 bits per heavy atom. The summed E-state index contributed by atoms with van der Waals surface area (Å²) in [5, 5.41) is 11.3. The molecule has 2 saturated heterocycles. The molecule has 7 nitrogen and oxygen atoms in total. The van der Waals surface area contributed by atoms with Crippen LogP contribution in [0.25, 0.3) is 6.08 Å². The molecular formula is C21H19N3O4S3. The van der Waals surface area contributed by atoms with E-state index < -0.39 is 4.92 Å². The average molecular weight is 474 g/mol. The van der Waals surface area contributed by atoms with Gasteiger partial charge in [0.1, 0.15) is 0 Å². The van der Waals surface area contributed by atoms with Gasteiger partial charge in [0.15, 0.2) is 4.32 Å². The van der Waals surface area contributed by atoms with Gasteiger partial charge in [-0.05, 0) is 36.6 Å². The predicted octanol–water partition coefficient (Wildman–Crippen LogP) is 4.56. The molecule has 2 aliphatic rings. The van der Waals surface area contributed by atoms with Crippen LogP contribution in [0.15, 0.2) is 52.3 Å². The molecule has 4 rings (SSSR count). The highest BCUT2D eigenvalue weighted by Crippen LogP contribution is 2.38. The first-order chi connectivity index (χ1) is 15.0. The van der Waals surface area contributed by atoms with Crippen LogP contribution in [0.2, 0.25) is 0 Å². The highest BCUT2D eigenvalue weighted by atomic mass is 32.2. The molecule has 10 heteroatoms. The van der Waals surface area contributed by atoms with Gasteiger partial charge >= 0.3 is 0 Å². The molecule has 0 spiro atoms. The van der Waals surface area contributed by atoms with E-state index in [0.29, 0.717) is 46.8 Å². The van der Waals surface area contributed by atoms with Crippen LogP contribution in [0.4, 0.5) is 17.1 Å². The molecule has 2 aromatic carbocycles. The van der Waals surface area contributed by atoms with Gasteiger partial charge in [-0.25, -0.2) is 0 Å². The molecule has 160 valence electrons. The summed E-state index contributed by atoms with van der Waals surface area (Å²) in [6.45, 7) is 2.54. The SMILES string of the molecule is CSc1cccc(N2C(=O)/C(=C/c3cc([N+](=O)[O-])ccc3N3CCOCC3)SC2=S)c1. The summed E-state index contributed by atoms with van der Waals surface area (Å²) in [5.74, 6) is -0.229. The maximum absolute atomic E-state index is 13.2. The topological polar surface area (TPSA) is 75.9 Å². The number of rotatable bonds is 5. The van der Waals surface area contributed by atoms with Crippen molar-refractivity contribution in [3.05, 3.63) is 63.0 Å². The number of thiocarbonyl (C=S) groups is 1. The van der Waals surface area contributed by atoms with Crippen LogP contribution in [-0.4, -0.2) is 47.7 Å². The minimum atomic E-state index is -0.431. The zero-order valence-electron chi connectivity index (χ0n) is 16.6. The molecule has 2 heterocycles. The molecule has 2 aromatic rings. The van der Waals surface area contributed by atoms with Crippen molar-refractivity contribution in [2.75, 3.05) is 42.4 Å². The number of hydrogen-bond acceptors (Lipinski definition) is 8. The van der Waals surface area contributed by atoms with Gasteiger partial charge in [0.25, 0.3) is 11.6 Å². The number of ether oxygens (including phenoxy) is 1. The van der Waals surface area contributed by atoms with Gasteiger partial charge in [-0.15, -0.1) is 11.8 Å². The first-order valence-corrected chi connectivity index (χ1v) is 12.0. The fourth-order valence-corrected chi connectivity index (χ4v) is 5.19. The number of morpholine rings is 1. The summed E-state index contributed by atoms with van der Waals surface area (Å²) in [5.41, 5.74) is 2.15. The van der Waals surface area contributed by atoms with E-state index in [-0.39, 0.29) is 11.6 Å². The Kier molecular flexibility index (Phi) is 6.61. The van der Waals surface area contributed by atoms with Crippen LogP contribution in [0.1, 0.15) is 5.56 Å². The van der Waals surface area contributed by atoms with Gasteiger partial charge < -0.3 is 9.64 Å². The van der Waals surface area contributed by atoms with Crippen molar-refractivity contribution < 1.29 is 14.5 Å². The molecular weight excluding hydrogens is 454 g/mol. The zero-order chi connectivity index (χ0) is 22.0. The van der Waals surface area contributed by atoms with Crippen LogP contribution in [-0.2, 0) is 9.53 Å². The van der Waals surface area contributed by atoms with Crippen molar-refractivity contribution in [3.8, 4) is 0 Å². The monoisotopic (exact) mass is 473 g/mol. The minimum absolute atomic E-state index is 0.0218. The third kappa shape index (κ3) is 4.62. The number of carbonyl (C=O) groups is 1. The third-order valence-corrected chi connectivity index (χ3v) is 6.99. The molecule has 0 N–H and O–H groups in total. The van der Waals surface area contributed by atoms with Gasteiger partial charge in [0.05, 0.1) is 28.7 Å². The van der Waals surface area contributed by atoms with Crippen molar-refractivity contribution in [1.82, 2.24) is 0 Å². The Bertz CT molecular complexity index is 1080. The van der Waals surface area contributed by atoms with E-state index in [1.807, 2.05) is 30.5 Å². The highest BCUT2D eigenvalue weighted by molar-refractivity contribution is 8.27. The number of nitrogens with zero attached hydrogens (tertiary/aromatic N) is 3. The molecule has 0 bridgehead atoms. The average Bonchev–Trinajstić information content (AvgIpc) is 3.07. The smallest absolute Gasteiger partial charge is 0.270 e. The highest BCUT2D eigenvalue weighted by Gasteiger charge is 2.34. The van der Waals surface area contributed by atoms with E-state index in [1.165, 1.54) is 28.8 Å². The molecule has 2 aliphatic heterocycles. The quantitative estimate of drug-likeness (QED) is 0.206. The summed E-state index contributed by atoms with van der Waals surface area (Å²) in [6, 6.07) is 12.4. The lowest BCUT2D eigenvalue weighted by atomic mass is 10.1. The Hall–Kier alpha value is -2.40. The summed E-state index contributed by atoms with van der Waals surface area (Å²) in [6.07, 6.45) is 3.67. The lowest BCUT2D eigenvalue weighted by molar-refractivity contribution is -0.384. The van der Waals surface area contributed by atoms with E-state index >= 15 is 0 Å². The molecule has 0 aromatic heterocycles. The van der Waals surface area contributed by atoms with Crippen LogP contribution in [0.3, 0.4) is 0 Å². The van der Waals surface area contributed by atoms with Crippen LogP contribution >= 0.6 is 35.7 Å². The summed E-state index contributed by atoms with van der Waals surface area (Å²) in [7, 11) is 0. The normalized spacial score (nSPS) is 18.2. The number of carbonyl (C=O) groups excluding carboxylic acids is 1. The molecule has 2 fully saturated rings. The first-order valence-electron chi connectivity index (χ1n) is 9.51. The van der Waals surface area contributed by atoms with Crippen molar-refractivity contribution in [3.63, 3.8) is 0 Å². The van der Waals surface area contributed by atoms with E-state index in [9.17, 15) is 14.9 Å². The second-order valence-corrected chi connectivity index (χ2v) is 9.37. The van der Waals surface area contributed by atoms with Crippen LogP contribution < -0.4 is 9.80 Å². The predicted molar refractivity (Wildman–Crippen MR) is 130 cm³/mol. The van der Waals surface area contributed by atoms with Gasteiger partial charge in [0.2, 0.25) is 0 Å². The number of amides is 1. The van der Waals surface area contributed by atoms with Crippen LogP contribution in [0, 0.1) is 10.1 Å². The Balaban J connectivity index is 1.71. The Morgan fingerprint density at radius 2 is 2.00 bits per heavy atom. The number of non-ortho nitro benzene ring substituents is 1. The number of thioether (sulfide) groups is 2. The van der Waals surface area contributed by atoms with Gasteiger partial charge in [0, 0.05) is 41.4 Å². The largest absolute Gasteiger partial charge is 0.378 e. The molecule has 0 saturated carbocycles.